The number of methoxy groups -OCH3 is 1. The van der Waals surface area contributed by atoms with Crippen LogP contribution >= 0.6 is 0 Å². The molecule has 0 unspecified atom stereocenters. The second kappa shape index (κ2) is 6.98. The number of urea groups is 1. The third-order valence-electron chi connectivity index (χ3n) is 4.52. The molecule has 7 nitrogen and oxygen atoms in total. The SMILES string of the molecule is COc1ccccc1OC1CCN(C(=O)[C@@H]2CN(C)C(=O)N2)CC1. The van der Waals surface area contributed by atoms with Gasteiger partial charge in [0.25, 0.3) is 0 Å². The minimum absolute atomic E-state index is 0.0107. The number of carbonyl (C=O) groups excluding carboxylic acids is 2. The molecule has 130 valence electrons. The monoisotopic (exact) mass is 333 g/mol. The second-order valence-electron chi connectivity index (χ2n) is 6.18. The van der Waals surface area contributed by atoms with Crippen molar-refractivity contribution in [2.24, 2.45) is 0 Å². The second-order valence-corrected chi connectivity index (χ2v) is 6.18. The lowest BCUT2D eigenvalue weighted by Gasteiger charge is -2.33. The van der Waals surface area contributed by atoms with Crippen LogP contribution in [0.1, 0.15) is 12.8 Å². The molecule has 7 heteroatoms. The summed E-state index contributed by atoms with van der Waals surface area (Å²) in [6, 6.07) is 6.94. The fraction of sp³-hybridized carbons (Fsp3) is 0.529. The number of carbonyl (C=O) groups is 2. The zero-order chi connectivity index (χ0) is 17.1. The van der Waals surface area contributed by atoms with Gasteiger partial charge in [0.1, 0.15) is 12.1 Å². The molecule has 0 saturated carbocycles. The van der Waals surface area contributed by atoms with E-state index in [1.54, 1.807) is 14.2 Å². The molecule has 2 heterocycles. The molecule has 0 spiro atoms. The number of hydrogen-bond acceptors (Lipinski definition) is 4. The fourth-order valence-corrected chi connectivity index (χ4v) is 3.11. The maximum atomic E-state index is 12.5. The normalized spacial score (nSPS) is 21.6. The van der Waals surface area contributed by atoms with Gasteiger partial charge in [-0.3, -0.25) is 4.79 Å². The van der Waals surface area contributed by atoms with E-state index in [1.807, 2.05) is 29.2 Å². The molecule has 2 aliphatic rings. The van der Waals surface area contributed by atoms with E-state index in [9.17, 15) is 9.59 Å². The summed E-state index contributed by atoms with van der Waals surface area (Å²) in [5.41, 5.74) is 0. The Morgan fingerprint density at radius 3 is 2.46 bits per heavy atom. The maximum absolute atomic E-state index is 12.5. The lowest BCUT2D eigenvalue weighted by molar-refractivity contribution is -0.134. The van der Waals surface area contributed by atoms with Crippen molar-refractivity contribution in [3.05, 3.63) is 24.3 Å². The Morgan fingerprint density at radius 2 is 1.88 bits per heavy atom. The third kappa shape index (κ3) is 3.39. The zero-order valence-electron chi connectivity index (χ0n) is 14.0. The number of likely N-dealkylation sites (N-methyl/N-ethyl adjacent to an activating group) is 1. The molecule has 0 aromatic heterocycles. The van der Waals surface area contributed by atoms with E-state index in [0.717, 1.165) is 18.6 Å². The summed E-state index contributed by atoms with van der Waals surface area (Å²) in [6.07, 6.45) is 1.59. The number of nitrogens with one attached hydrogen (secondary N) is 1. The van der Waals surface area contributed by atoms with E-state index in [-0.39, 0.29) is 18.0 Å². The van der Waals surface area contributed by atoms with Gasteiger partial charge < -0.3 is 24.6 Å². The van der Waals surface area contributed by atoms with Gasteiger partial charge in [-0.2, -0.15) is 0 Å². The van der Waals surface area contributed by atoms with Crippen molar-refractivity contribution in [3.8, 4) is 11.5 Å². The van der Waals surface area contributed by atoms with Crippen LogP contribution in [0.25, 0.3) is 0 Å². The molecule has 24 heavy (non-hydrogen) atoms. The van der Waals surface area contributed by atoms with Gasteiger partial charge in [0.2, 0.25) is 5.91 Å². The molecule has 0 radical (unpaired) electrons. The van der Waals surface area contributed by atoms with Crippen molar-refractivity contribution in [2.45, 2.75) is 25.0 Å². The molecule has 2 saturated heterocycles. The first-order valence-corrected chi connectivity index (χ1v) is 8.18. The van der Waals surface area contributed by atoms with Crippen LogP contribution in [0.2, 0.25) is 0 Å². The molecule has 3 rings (SSSR count). The summed E-state index contributed by atoms with van der Waals surface area (Å²) in [7, 11) is 3.31. The number of rotatable bonds is 4. The Balaban J connectivity index is 1.52. The lowest BCUT2D eigenvalue weighted by atomic mass is 10.1. The van der Waals surface area contributed by atoms with Gasteiger partial charge >= 0.3 is 6.03 Å². The summed E-state index contributed by atoms with van der Waals surface area (Å²) in [5, 5.41) is 2.71. The van der Waals surface area contributed by atoms with Crippen LogP contribution in [0.3, 0.4) is 0 Å². The fourth-order valence-electron chi connectivity index (χ4n) is 3.11. The number of amides is 3. The van der Waals surface area contributed by atoms with Gasteiger partial charge in [-0.05, 0) is 12.1 Å². The number of hydrogen-bond donors (Lipinski definition) is 1. The number of benzene rings is 1. The number of para-hydroxylation sites is 2. The Morgan fingerprint density at radius 1 is 1.21 bits per heavy atom. The topological polar surface area (TPSA) is 71.1 Å². The minimum Gasteiger partial charge on any atom is -0.493 e. The van der Waals surface area contributed by atoms with Crippen molar-refractivity contribution in [3.63, 3.8) is 0 Å². The lowest BCUT2D eigenvalue weighted by Crippen LogP contribution is -2.49. The summed E-state index contributed by atoms with van der Waals surface area (Å²) in [6.45, 7) is 1.69. The first kappa shape index (κ1) is 16.4. The minimum atomic E-state index is -0.436. The van der Waals surface area contributed by atoms with Crippen molar-refractivity contribution >= 4 is 11.9 Å². The number of ether oxygens (including phenoxy) is 2. The van der Waals surface area contributed by atoms with Gasteiger partial charge in [0.15, 0.2) is 11.5 Å². The molecular weight excluding hydrogens is 310 g/mol. The highest BCUT2D eigenvalue weighted by molar-refractivity contribution is 5.90. The predicted octanol–water partition coefficient (Wildman–Crippen LogP) is 1.09. The summed E-state index contributed by atoms with van der Waals surface area (Å²) in [5.74, 6) is 1.44. The molecule has 0 aliphatic carbocycles. The van der Waals surface area contributed by atoms with Crippen molar-refractivity contribution in [1.82, 2.24) is 15.1 Å². The van der Waals surface area contributed by atoms with Gasteiger partial charge in [0.05, 0.1) is 13.7 Å². The van der Waals surface area contributed by atoms with Crippen LogP contribution in [-0.4, -0.2) is 67.7 Å². The van der Waals surface area contributed by atoms with E-state index in [4.69, 9.17) is 9.47 Å². The molecular formula is C17H23N3O4. The van der Waals surface area contributed by atoms with Gasteiger partial charge in [-0.1, -0.05) is 12.1 Å². The molecule has 1 aromatic rings. The van der Waals surface area contributed by atoms with Crippen molar-refractivity contribution in [1.29, 1.82) is 0 Å². The maximum Gasteiger partial charge on any atom is 0.317 e. The summed E-state index contributed by atoms with van der Waals surface area (Å²) in [4.78, 5) is 27.3. The molecule has 2 aliphatic heterocycles. The van der Waals surface area contributed by atoms with Gasteiger partial charge in [-0.15, -0.1) is 0 Å². The van der Waals surface area contributed by atoms with Gasteiger partial charge in [0, 0.05) is 33.0 Å². The van der Waals surface area contributed by atoms with E-state index >= 15 is 0 Å². The standard InChI is InChI=1S/C17H23N3O4/c1-19-11-13(18-17(19)22)16(21)20-9-7-12(8-10-20)24-15-6-4-3-5-14(15)23-2/h3-6,12-13H,7-11H2,1-2H3,(H,18,22)/t13-/m0/s1. The number of nitrogens with zero attached hydrogens (tertiary/aromatic N) is 2. The molecule has 1 aromatic carbocycles. The van der Waals surface area contributed by atoms with Crippen LogP contribution in [0.15, 0.2) is 24.3 Å². The van der Waals surface area contributed by atoms with Crippen LogP contribution < -0.4 is 14.8 Å². The van der Waals surface area contributed by atoms with E-state index in [1.165, 1.54) is 4.90 Å². The zero-order valence-corrected chi connectivity index (χ0v) is 14.0. The average Bonchev–Trinajstić information content (AvgIpc) is 2.94. The first-order chi connectivity index (χ1) is 11.6. The molecule has 1 atom stereocenters. The highest BCUT2D eigenvalue weighted by atomic mass is 16.5. The molecule has 2 fully saturated rings. The van der Waals surface area contributed by atoms with Crippen LogP contribution in [-0.2, 0) is 4.79 Å². The summed E-state index contributed by atoms with van der Waals surface area (Å²) < 4.78 is 11.3. The largest absolute Gasteiger partial charge is 0.493 e. The van der Waals surface area contributed by atoms with Crippen molar-refractivity contribution in [2.75, 3.05) is 33.8 Å². The summed E-state index contributed by atoms with van der Waals surface area (Å²) >= 11 is 0. The Hall–Kier alpha value is -2.44. The smallest absolute Gasteiger partial charge is 0.317 e. The van der Waals surface area contributed by atoms with E-state index in [2.05, 4.69) is 5.32 Å². The molecule has 3 amide bonds. The van der Waals surface area contributed by atoms with Gasteiger partial charge in [-0.25, -0.2) is 4.79 Å². The molecule has 1 N–H and O–H groups in total. The van der Waals surface area contributed by atoms with E-state index < -0.39 is 6.04 Å². The van der Waals surface area contributed by atoms with Crippen LogP contribution in [0.4, 0.5) is 4.79 Å². The first-order valence-electron chi connectivity index (χ1n) is 8.18. The Kier molecular flexibility index (Phi) is 4.78. The Labute approximate surface area is 141 Å². The van der Waals surface area contributed by atoms with E-state index in [0.29, 0.717) is 25.4 Å². The highest BCUT2D eigenvalue weighted by Crippen LogP contribution is 2.29. The third-order valence-corrected chi connectivity index (χ3v) is 4.52. The quantitative estimate of drug-likeness (QED) is 0.895. The predicted molar refractivity (Wildman–Crippen MR) is 88.2 cm³/mol. The van der Waals surface area contributed by atoms with Crippen LogP contribution in [0, 0.1) is 0 Å². The average molecular weight is 333 g/mol. The van der Waals surface area contributed by atoms with Crippen molar-refractivity contribution < 1.29 is 19.1 Å². The number of likely N-dealkylation sites (tertiary alicyclic amines) is 1. The Bertz CT molecular complexity index is 614. The highest BCUT2D eigenvalue weighted by Gasteiger charge is 2.35. The number of piperidine rings is 1. The molecule has 0 bridgehead atoms. The van der Waals surface area contributed by atoms with Crippen LogP contribution in [0.5, 0.6) is 11.5 Å².